The molecule has 13 heteroatoms. The van der Waals surface area contributed by atoms with E-state index >= 15 is 0 Å². The van der Waals surface area contributed by atoms with Gasteiger partial charge in [0.1, 0.15) is 5.75 Å². The zero-order valence-electron chi connectivity index (χ0n) is 18.2. The first kappa shape index (κ1) is 26.9. The molecule has 0 bridgehead atoms. The number of Topliss-reactive ketones (excluding diaryl/α,β-unsaturated/α-hetero) is 1. The van der Waals surface area contributed by atoms with Crippen LogP contribution in [-0.4, -0.2) is 61.1 Å². The van der Waals surface area contributed by atoms with Crippen molar-refractivity contribution >= 4 is 43.1 Å². The predicted octanol–water partition coefficient (Wildman–Crippen LogP) is 1.33. The Bertz CT molecular complexity index is 1160. The lowest BCUT2D eigenvalue weighted by Crippen LogP contribution is -2.27. The van der Waals surface area contributed by atoms with Gasteiger partial charge in [-0.3, -0.25) is 9.59 Å². The standard InChI is InChI=1S/C20H26N2O8S3/c1-3-29-15-4-7-17(8-5-15)33(27,28)22-13-11-20(24)30-14-18(23)19-9-6-16(31-19)10-12-21-32(2,25)26/h4-9,21-22H,3,10-14H2,1-2H3. The Morgan fingerprint density at radius 2 is 1.67 bits per heavy atom. The Kier molecular flexibility index (Phi) is 9.98. The van der Waals surface area contributed by atoms with Gasteiger partial charge in [0, 0.05) is 18.0 Å². The zero-order chi connectivity index (χ0) is 24.5. The fraction of sp³-hybridized carbons (Fsp3) is 0.400. The molecule has 0 radical (unpaired) electrons. The van der Waals surface area contributed by atoms with E-state index in [1.807, 2.05) is 6.92 Å². The van der Waals surface area contributed by atoms with E-state index in [1.165, 1.54) is 35.6 Å². The predicted molar refractivity (Wildman–Crippen MR) is 124 cm³/mol. The van der Waals surface area contributed by atoms with Gasteiger partial charge in [-0.25, -0.2) is 26.3 Å². The van der Waals surface area contributed by atoms with Crippen molar-refractivity contribution in [3.8, 4) is 5.75 Å². The van der Waals surface area contributed by atoms with Crippen LogP contribution >= 0.6 is 11.3 Å². The molecule has 2 aromatic rings. The maximum Gasteiger partial charge on any atom is 0.307 e. The molecule has 0 aliphatic rings. The number of nitrogens with one attached hydrogen (secondary N) is 2. The number of hydrogen-bond acceptors (Lipinski definition) is 9. The van der Waals surface area contributed by atoms with E-state index in [-0.39, 0.29) is 24.4 Å². The molecule has 1 aromatic carbocycles. The van der Waals surface area contributed by atoms with E-state index in [4.69, 9.17) is 9.47 Å². The van der Waals surface area contributed by atoms with E-state index < -0.39 is 38.4 Å². The summed E-state index contributed by atoms with van der Waals surface area (Å²) in [7, 11) is -7.07. The van der Waals surface area contributed by atoms with Crippen LogP contribution in [0.4, 0.5) is 0 Å². The van der Waals surface area contributed by atoms with Crippen LogP contribution in [-0.2, 0) is 36.0 Å². The van der Waals surface area contributed by atoms with E-state index in [0.29, 0.717) is 23.7 Å². The van der Waals surface area contributed by atoms with Gasteiger partial charge in [0.25, 0.3) is 0 Å². The molecule has 0 aliphatic carbocycles. The fourth-order valence-corrected chi connectivity index (χ4v) is 5.00. The van der Waals surface area contributed by atoms with Crippen LogP contribution in [0, 0.1) is 0 Å². The third kappa shape index (κ3) is 9.60. The molecule has 10 nitrogen and oxygen atoms in total. The number of thiophene rings is 1. The summed E-state index contributed by atoms with van der Waals surface area (Å²) in [4.78, 5) is 25.3. The van der Waals surface area contributed by atoms with E-state index in [2.05, 4.69) is 9.44 Å². The summed E-state index contributed by atoms with van der Waals surface area (Å²) in [5.74, 6) is -0.564. The molecular formula is C20H26N2O8S3. The highest BCUT2D eigenvalue weighted by molar-refractivity contribution is 7.89. The topological polar surface area (TPSA) is 145 Å². The quantitative estimate of drug-likeness (QED) is 0.281. The Morgan fingerprint density at radius 3 is 2.30 bits per heavy atom. The number of carbonyl (C=O) groups excluding carboxylic acids is 2. The molecule has 33 heavy (non-hydrogen) atoms. The third-order valence-corrected chi connectivity index (χ3v) is 7.49. The van der Waals surface area contributed by atoms with Crippen molar-refractivity contribution < 1.29 is 35.9 Å². The van der Waals surface area contributed by atoms with E-state index in [9.17, 15) is 26.4 Å². The molecule has 182 valence electrons. The monoisotopic (exact) mass is 518 g/mol. The number of sulfonamides is 2. The van der Waals surface area contributed by atoms with Gasteiger partial charge in [0.15, 0.2) is 6.61 Å². The maximum absolute atomic E-state index is 12.3. The summed E-state index contributed by atoms with van der Waals surface area (Å²) in [6.45, 7) is 1.85. The highest BCUT2D eigenvalue weighted by Crippen LogP contribution is 2.18. The lowest BCUT2D eigenvalue weighted by molar-refractivity contribution is -0.142. The first-order chi connectivity index (χ1) is 15.5. The van der Waals surface area contributed by atoms with Crippen LogP contribution in [0.25, 0.3) is 0 Å². The normalized spacial score (nSPS) is 11.8. The van der Waals surface area contributed by atoms with Crippen molar-refractivity contribution in [3.63, 3.8) is 0 Å². The van der Waals surface area contributed by atoms with Gasteiger partial charge in [-0.05, 0) is 49.7 Å². The molecule has 0 atom stereocenters. The molecule has 1 heterocycles. The van der Waals surface area contributed by atoms with Crippen LogP contribution < -0.4 is 14.2 Å². The molecule has 0 saturated heterocycles. The number of esters is 1. The SMILES string of the molecule is CCOc1ccc(S(=O)(=O)NCCC(=O)OCC(=O)c2ccc(CCNS(C)(=O)=O)s2)cc1. The second kappa shape index (κ2) is 12.2. The lowest BCUT2D eigenvalue weighted by Gasteiger charge is -2.08. The average Bonchev–Trinajstić information content (AvgIpc) is 3.20. The number of benzene rings is 1. The number of ether oxygens (including phenoxy) is 2. The van der Waals surface area contributed by atoms with Crippen LogP contribution in [0.5, 0.6) is 5.75 Å². The number of ketones is 1. The molecule has 0 aliphatic heterocycles. The van der Waals surface area contributed by atoms with Crippen LogP contribution in [0.2, 0.25) is 0 Å². The Balaban J connectivity index is 1.74. The van der Waals surface area contributed by atoms with Gasteiger partial charge in [0.2, 0.25) is 25.8 Å². The molecule has 2 rings (SSSR count). The third-order valence-electron chi connectivity index (χ3n) is 4.10. The molecule has 0 saturated carbocycles. The highest BCUT2D eigenvalue weighted by atomic mass is 32.2. The Labute approximate surface area is 197 Å². The summed E-state index contributed by atoms with van der Waals surface area (Å²) in [6.07, 6.45) is 1.26. The lowest BCUT2D eigenvalue weighted by atomic mass is 10.3. The second-order valence-electron chi connectivity index (χ2n) is 6.82. The summed E-state index contributed by atoms with van der Waals surface area (Å²) in [6, 6.07) is 9.17. The minimum absolute atomic E-state index is 0.0368. The minimum atomic E-state index is -3.80. The molecule has 1 aromatic heterocycles. The van der Waals surface area contributed by atoms with Gasteiger partial charge >= 0.3 is 5.97 Å². The molecule has 0 unspecified atom stereocenters. The zero-order valence-corrected chi connectivity index (χ0v) is 20.6. The first-order valence-corrected chi connectivity index (χ1v) is 14.1. The van der Waals surface area contributed by atoms with Gasteiger partial charge in [-0.2, -0.15) is 0 Å². The Hall–Kier alpha value is -2.32. The average molecular weight is 519 g/mol. The molecule has 0 fully saturated rings. The van der Waals surface area contributed by atoms with Crippen LogP contribution in [0.1, 0.15) is 27.9 Å². The molecule has 2 N–H and O–H groups in total. The van der Waals surface area contributed by atoms with Crippen molar-refractivity contribution in [1.82, 2.24) is 9.44 Å². The van der Waals surface area contributed by atoms with Gasteiger partial charge in [-0.1, -0.05) is 0 Å². The smallest absolute Gasteiger partial charge is 0.307 e. The number of carbonyl (C=O) groups is 2. The second-order valence-corrected chi connectivity index (χ2v) is 11.6. The van der Waals surface area contributed by atoms with E-state index in [1.54, 1.807) is 12.1 Å². The molecule has 0 spiro atoms. The fourth-order valence-electron chi connectivity index (χ4n) is 2.56. The van der Waals surface area contributed by atoms with Crippen LogP contribution in [0.15, 0.2) is 41.3 Å². The van der Waals surface area contributed by atoms with Crippen molar-refractivity contribution in [2.75, 3.05) is 32.6 Å². The first-order valence-electron chi connectivity index (χ1n) is 9.95. The summed E-state index contributed by atoms with van der Waals surface area (Å²) in [5.41, 5.74) is 0. The van der Waals surface area contributed by atoms with Crippen molar-refractivity contribution in [1.29, 1.82) is 0 Å². The van der Waals surface area contributed by atoms with E-state index in [0.717, 1.165) is 11.1 Å². The van der Waals surface area contributed by atoms with Crippen molar-refractivity contribution in [2.24, 2.45) is 0 Å². The van der Waals surface area contributed by atoms with Gasteiger partial charge in [-0.15, -0.1) is 11.3 Å². The van der Waals surface area contributed by atoms with Crippen LogP contribution in [0.3, 0.4) is 0 Å². The summed E-state index contributed by atoms with van der Waals surface area (Å²) < 4.78 is 61.6. The number of hydrogen-bond donors (Lipinski definition) is 2. The summed E-state index contributed by atoms with van der Waals surface area (Å²) >= 11 is 1.19. The Morgan fingerprint density at radius 1 is 0.970 bits per heavy atom. The van der Waals surface area contributed by atoms with Gasteiger partial charge < -0.3 is 9.47 Å². The largest absolute Gasteiger partial charge is 0.494 e. The number of rotatable bonds is 14. The molecular weight excluding hydrogens is 492 g/mol. The van der Waals surface area contributed by atoms with Crippen molar-refractivity contribution in [2.45, 2.75) is 24.7 Å². The van der Waals surface area contributed by atoms with Gasteiger partial charge in [0.05, 0.1) is 29.1 Å². The maximum atomic E-state index is 12.3. The molecule has 0 amide bonds. The highest BCUT2D eigenvalue weighted by Gasteiger charge is 2.16. The minimum Gasteiger partial charge on any atom is -0.494 e. The van der Waals surface area contributed by atoms with Crippen molar-refractivity contribution in [3.05, 3.63) is 46.2 Å². The summed E-state index contributed by atoms with van der Waals surface area (Å²) in [5, 5.41) is 0.